The van der Waals surface area contributed by atoms with Crippen LogP contribution in [0.25, 0.3) is 0 Å². The number of hydrogen-bond donors (Lipinski definition) is 2. The number of carboxylic acids is 2. The molecule has 0 aromatic carbocycles. The van der Waals surface area contributed by atoms with Gasteiger partial charge in [-0.2, -0.15) is 0 Å². The molecule has 0 saturated heterocycles. The Labute approximate surface area is 262 Å². The minimum Gasteiger partial charge on any atom is -0.481 e. The minimum atomic E-state index is -0.724. The number of allylic oxidation sites excluding steroid dienone is 8. The molecular weight excluding hydrogens is 540 g/mol. The highest BCUT2D eigenvalue weighted by atomic mass is 16.4. The molecule has 0 aliphatic rings. The molecule has 0 heterocycles. The van der Waals surface area contributed by atoms with Crippen molar-refractivity contribution in [2.24, 2.45) is 0 Å². The second kappa shape index (κ2) is 35.4. The van der Waals surface area contributed by atoms with E-state index in [0.29, 0.717) is 12.8 Å². The van der Waals surface area contributed by atoms with E-state index in [4.69, 9.17) is 10.2 Å². The maximum Gasteiger partial charge on any atom is 0.303 e. The molecule has 0 atom stereocenters. The smallest absolute Gasteiger partial charge is 0.303 e. The molecule has 0 unspecified atom stereocenters. The van der Waals surface area contributed by atoms with E-state index < -0.39 is 11.9 Å². The van der Waals surface area contributed by atoms with Crippen LogP contribution in [0.15, 0.2) is 48.6 Å². The van der Waals surface area contributed by atoms with Crippen LogP contribution in [0.1, 0.15) is 162 Å². The zero-order valence-electron chi connectivity index (χ0n) is 27.4. The molecule has 0 saturated carbocycles. The Morgan fingerprint density at radius 2 is 0.744 bits per heavy atom. The number of carboxylic acid groups (broad SMARTS) is 2. The highest BCUT2D eigenvalue weighted by Crippen LogP contribution is 2.09. The van der Waals surface area contributed by atoms with Crippen LogP contribution < -0.4 is 0 Å². The largest absolute Gasteiger partial charge is 0.481 e. The average Bonchev–Trinajstić information content (AvgIpc) is 2.97. The van der Waals surface area contributed by atoms with Gasteiger partial charge >= 0.3 is 11.9 Å². The lowest BCUT2D eigenvalue weighted by Crippen LogP contribution is -1.94. The summed E-state index contributed by atoms with van der Waals surface area (Å²) >= 11 is 0. The van der Waals surface area contributed by atoms with Gasteiger partial charge in [0.1, 0.15) is 0 Å². The van der Waals surface area contributed by atoms with Gasteiger partial charge in [-0.15, -0.1) is 0 Å². The number of rotatable bonds is 29. The first-order valence-corrected chi connectivity index (χ1v) is 17.0. The summed E-state index contributed by atoms with van der Waals surface area (Å²) in [5.41, 5.74) is 0. The second-order valence-corrected chi connectivity index (χ2v) is 11.2. The molecule has 43 heavy (non-hydrogen) atoms. The van der Waals surface area contributed by atoms with Crippen molar-refractivity contribution in [2.45, 2.75) is 162 Å². The van der Waals surface area contributed by atoms with Gasteiger partial charge in [0.15, 0.2) is 11.6 Å². The molecule has 0 bridgehead atoms. The van der Waals surface area contributed by atoms with Crippen molar-refractivity contribution in [3.8, 4) is 0 Å². The zero-order chi connectivity index (χ0) is 32.2. The summed E-state index contributed by atoms with van der Waals surface area (Å²) in [4.78, 5) is 43.8. The predicted molar refractivity (Wildman–Crippen MR) is 179 cm³/mol. The van der Waals surface area contributed by atoms with Gasteiger partial charge < -0.3 is 10.2 Å². The van der Waals surface area contributed by atoms with Crippen molar-refractivity contribution in [1.82, 2.24) is 0 Å². The lowest BCUT2D eigenvalue weighted by Gasteiger charge is -1.98. The standard InChI is InChI=1S/C19H32O3.C18H30O3/c1-2-3-4-5-6-7-9-12-15-18(20)16-13-10-8-11-14-17-19(21)22;1-2-3-4-5-6-8-11-14-17(19)15-12-9-7-10-13-16-18(20)21/h7,9,12,15H,2-6,8,10-11,13-14,16-17H2,1H3,(H,21,22);6,8,11,14H,2-5,7,9-10,12-13,15-16H2,1H3,(H,20,21). The van der Waals surface area contributed by atoms with Gasteiger partial charge in [0.05, 0.1) is 0 Å². The molecule has 2 N–H and O–H groups in total. The van der Waals surface area contributed by atoms with Crippen molar-refractivity contribution >= 4 is 23.5 Å². The van der Waals surface area contributed by atoms with Crippen LogP contribution in [0, 0.1) is 0 Å². The van der Waals surface area contributed by atoms with Crippen molar-refractivity contribution < 1.29 is 29.4 Å². The molecule has 6 nitrogen and oxygen atoms in total. The molecule has 0 aromatic rings. The number of hydrogen-bond acceptors (Lipinski definition) is 4. The van der Waals surface area contributed by atoms with E-state index in [9.17, 15) is 19.2 Å². The highest BCUT2D eigenvalue weighted by molar-refractivity contribution is 5.90. The van der Waals surface area contributed by atoms with Crippen LogP contribution in [0.4, 0.5) is 0 Å². The average molecular weight is 603 g/mol. The molecule has 0 radical (unpaired) electrons. The molecule has 0 aromatic heterocycles. The second-order valence-electron chi connectivity index (χ2n) is 11.2. The molecule has 246 valence electrons. The van der Waals surface area contributed by atoms with Gasteiger partial charge in [-0.1, -0.05) is 121 Å². The Bertz CT molecular complexity index is 806. The Morgan fingerprint density at radius 3 is 1.14 bits per heavy atom. The molecule has 6 heteroatoms. The van der Waals surface area contributed by atoms with Gasteiger partial charge in [-0.05, 0) is 63.5 Å². The SMILES string of the molecule is CCCCCC=CC=CC(=O)CCCCCCCC(=O)O.CCCCCCC=CC=CC(=O)CCCCCCCC(=O)O. The van der Waals surface area contributed by atoms with Crippen molar-refractivity contribution in [2.75, 3.05) is 0 Å². The zero-order valence-corrected chi connectivity index (χ0v) is 27.4. The maximum absolute atomic E-state index is 11.6. The Balaban J connectivity index is 0. The maximum atomic E-state index is 11.6. The van der Waals surface area contributed by atoms with E-state index in [1.165, 1.54) is 44.9 Å². The van der Waals surface area contributed by atoms with Crippen LogP contribution in [-0.4, -0.2) is 33.7 Å². The van der Waals surface area contributed by atoms with Crippen LogP contribution >= 0.6 is 0 Å². The van der Waals surface area contributed by atoms with Crippen molar-refractivity contribution in [1.29, 1.82) is 0 Å². The summed E-state index contributed by atoms with van der Waals surface area (Å²) in [7, 11) is 0. The predicted octanol–water partition coefficient (Wildman–Crippen LogP) is 10.5. The first-order chi connectivity index (χ1) is 20.8. The summed E-state index contributed by atoms with van der Waals surface area (Å²) in [6.45, 7) is 4.40. The Hall–Kier alpha value is -2.76. The fraction of sp³-hybridized carbons (Fsp3) is 0.676. The summed E-state index contributed by atoms with van der Waals surface area (Å²) in [5, 5.41) is 17.0. The van der Waals surface area contributed by atoms with E-state index >= 15 is 0 Å². The van der Waals surface area contributed by atoms with Gasteiger partial charge in [-0.3, -0.25) is 19.2 Å². The van der Waals surface area contributed by atoms with Crippen molar-refractivity contribution in [3.63, 3.8) is 0 Å². The summed E-state index contributed by atoms with van der Waals surface area (Å²) < 4.78 is 0. The van der Waals surface area contributed by atoms with E-state index in [1.807, 2.05) is 24.3 Å². The molecule has 0 fully saturated rings. The molecule has 0 aliphatic heterocycles. The first kappa shape index (κ1) is 42.4. The number of carbonyl (C=O) groups is 4. The monoisotopic (exact) mass is 602 g/mol. The van der Waals surface area contributed by atoms with E-state index in [1.54, 1.807) is 12.2 Å². The van der Waals surface area contributed by atoms with Crippen LogP contribution in [0.2, 0.25) is 0 Å². The van der Waals surface area contributed by atoms with Crippen molar-refractivity contribution in [3.05, 3.63) is 48.6 Å². The van der Waals surface area contributed by atoms with E-state index in [-0.39, 0.29) is 24.4 Å². The van der Waals surface area contributed by atoms with Gasteiger partial charge in [-0.25, -0.2) is 0 Å². The lowest BCUT2D eigenvalue weighted by atomic mass is 10.1. The number of aliphatic carboxylic acids is 2. The van der Waals surface area contributed by atoms with Gasteiger partial charge in [0.25, 0.3) is 0 Å². The normalized spacial score (nSPS) is 11.5. The molecule has 0 spiro atoms. The summed E-state index contributed by atoms with van der Waals surface area (Å²) in [6.07, 6.45) is 37.0. The third-order valence-electron chi connectivity index (χ3n) is 6.88. The Morgan fingerprint density at radius 1 is 0.419 bits per heavy atom. The van der Waals surface area contributed by atoms with Crippen LogP contribution in [0.3, 0.4) is 0 Å². The fourth-order valence-electron chi connectivity index (χ4n) is 4.25. The topological polar surface area (TPSA) is 109 Å². The third kappa shape index (κ3) is 41.4. The highest BCUT2D eigenvalue weighted by Gasteiger charge is 2.00. The summed E-state index contributed by atoms with van der Waals surface area (Å²) in [6, 6.07) is 0. The van der Waals surface area contributed by atoms with Gasteiger partial charge in [0, 0.05) is 25.7 Å². The third-order valence-corrected chi connectivity index (χ3v) is 6.88. The molecule has 0 amide bonds. The quantitative estimate of drug-likeness (QED) is 0.0501. The number of ketones is 2. The first-order valence-electron chi connectivity index (χ1n) is 17.0. The van der Waals surface area contributed by atoms with Gasteiger partial charge in [0.2, 0.25) is 0 Å². The molecular formula is C37H62O6. The lowest BCUT2D eigenvalue weighted by molar-refractivity contribution is -0.138. The number of unbranched alkanes of at least 4 members (excludes halogenated alkanes) is 15. The van der Waals surface area contributed by atoms with E-state index in [0.717, 1.165) is 77.0 Å². The fourth-order valence-corrected chi connectivity index (χ4v) is 4.25. The van der Waals surface area contributed by atoms with Crippen LogP contribution in [-0.2, 0) is 19.2 Å². The molecule has 0 aliphatic carbocycles. The van der Waals surface area contributed by atoms with Crippen LogP contribution in [0.5, 0.6) is 0 Å². The summed E-state index contributed by atoms with van der Waals surface area (Å²) in [5.74, 6) is -1.09. The minimum absolute atomic E-state index is 0.179. The molecule has 0 rings (SSSR count). The number of carbonyl (C=O) groups excluding carboxylic acids is 2. The van der Waals surface area contributed by atoms with E-state index in [2.05, 4.69) is 26.0 Å². The Kier molecular flexibility index (Phi) is 34.9.